The van der Waals surface area contributed by atoms with Crippen molar-refractivity contribution in [2.24, 2.45) is 11.3 Å². The third-order valence-electron chi connectivity index (χ3n) is 4.09. The van der Waals surface area contributed by atoms with E-state index in [1.807, 2.05) is 32.9 Å². The first-order valence-electron chi connectivity index (χ1n) is 7.48. The Bertz CT molecular complexity index is 419. The first-order chi connectivity index (χ1) is 9.70. The lowest BCUT2D eigenvalue weighted by molar-refractivity contribution is -0.132. The molecule has 0 saturated carbocycles. The number of aliphatic hydroxyl groups excluding tert-OH is 1. The number of thioether (sulfide) groups is 1. The van der Waals surface area contributed by atoms with Crippen molar-refractivity contribution in [1.82, 2.24) is 4.90 Å². The normalized spacial score (nSPS) is 21.6. The van der Waals surface area contributed by atoms with Gasteiger partial charge in [-0.25, -0.2) is 0 Å². The van der Waals surface area contributed by atoms with Crippen molar-refractivity contribution in [2.45, 2.75) is 59.6 Å². The van der Waals surface area contributed by atoms with Crippen LogP contribution in [0.4, 0.5) is 0 Å². The summed E-state index contributed by atoms with van der Waals surface area (Å²) in [5.41, 5.74) is -0.315. The number of carbonyl (C=O) groups is 1. The topological polar surface area (TPSA) is 40.5 Å². The van der Waals surface area contributed by atoms with Crippen LogP contribution in [0.25, 0.3) is 0 Å². The molecule has 0 aromatic rings. The van der Waals surface area contributed by atoms with Gasteiger partial charge < -0.3 is 5.11 Å². The van der Waals surface area contributed by atoms with Crippen LogP contribution < -0.4 is 0 Å². The first-order valence-corrected chi connectivity index (χ1v) is 8.88. The van der Waals surface area contributed by atoms with E-state index in [0.29, 0.717) is 10.2 Å². The molecule has 120 valence electrons. The van der Waals surface area contributed by atoms with Crippen LogP contribution >= 0.6 is 24.0 Å². The molecule has 0 aliphatic carbocycles. The molecule has 21 heavy (non-hydrogen) atoms. The zero-order chi connectivity index (χ0) is 16.2. The van der Waals surface area contributed by atoms with Crippen LogP contribution in [0.2, 0.25) is 0 Å². The molecule has 5 heteroatoms. The summed E-state index contributed by atoms with van der Waals surface area (Å²) in [5.74, 6) is 1.18. The van der Waals surface area contributed by atoms with Gasteiger partial charge in [0.1, 0.15) is 4.32 Å². The number of allylic oxidation sites excluding steroid dienone is 2. The zero-order valence-corrected chi connectivity index (χ0v) is 15.3. The molecule has 1 aliphatic heterocycles. The Morgan fingerprint density at radius 1 is 1.57 bits per heavy atom. The Hall–Kier alpha value is -0.390. The van der Waals surface area contributed by atoms with Gasteiger partial charge in [-0.05, 0) is 24.7 Å². The van der Waals surface area contributed by atoms with Crippen LogP contribution in [0.15, 0.2) is 12.2 Å². The van der Waals surface area contributed by atoms with Crippen LogP contribution in [-0.4, -0.2) is 38.1 Å². The van der Waals surface area contributed by atoms with E-state index in [9.17, 15) is 9.90 Å². The Morgan fingerprint density at radius 3 is 2.71 bits per heavy atom. The van der Waals surface area contributed by atoms with Gasteiger partial charge in [-0.1, -0.05) is 63.8 Å². The van der Waals surface area contributed by atoms with E-state index in [-0.39, 0.29) is 23.8 Å². The van der Waals surface area contributed by atoms with Gasteiger partial charge >= 0.3 is 0 Å². The zero-order valence-electron chi connectivity index (χ0n) is 13.6. The Kier molecular flexibility index (Phi) is 6.88. The molecule has 0 aromatic heterocycles. The standard InChI is InChI=1S/C16H27NO2S2/c1-6-7-8-16(4,5)13(18)9-14(19)17-12(11(2)3)10-21-15(17)20/h6-7,11-13,18H,8-10H2,1-5H3/b7-6+. The minimum Gasteiger partial charge on any atom is -0.392 e. The Balaban J connectivity index is 2.73. The van der Waals surface area contributed by atoms with E-state index >= 15 is 0 Å². The van der Waals surface area contributed by atoms with E-state index in [0.717, 1.165) is 12.2 Å². The van der Waals surface area contributed by atoms with Crippen molar-refractivity contribution in [3.8, 4) is 0 Å². The van der Waals surface area contributed by atoms with Gasteiger partial charge in [0, 0.05) is 11.8 Å². The highest BCUT2D eigenvalue weighted by molar-refractivity contribution is 8.23. The van der Waals surface area contributed by atoms with Gasteiger partial charge in [-0.2, -0.15) is 0 Å². The van der Waals surface area contributed by atoms with Crippen molar-refractivity contribution in [3.05, 3.63) is 12.2 Å². The van der Waals surface area contributed by atoms with Gasteiger partial charge in [0.05, 0.1) is 12.5 Å². The van der Waals surface area contributed by atoms with E-state index in [2.05, 4.69) is 13.8 Å². The summed E-state index contributed by atoms with van der Waals surface area (Å²) in [6, 6.07) is 0.154. The lowest BCUT2D eigenvalue weighted by Crippen LogP contribution is -2.44. The molecule has 1 rings (SSSR count). The summed E-state index contributed by atoms with van der Waals surface area (Å²) in [4.78, 5) is 14.3. The third-order valence-corrected chi connectivity index (χ3v) is 5.60. The maximum Gasteiger partial charge on any atom is 0.230 e. The summed E-state index contributed by atoms with van der Waals surface area (Å²) in [5, 5.41) is 10.4. The molecule has 0 radical (unpaired) electrons. The molecule has 0 aromatic carbocycles. The Morgan fingerprint density at radius 2 is 2.19 bits per heavy atom. The average molecular weight is 330 g/mol. The number of carbonyl (C=O) groups excluding carboxylic acids is 1. The average Bonchev–Trinajstić information content (AvgIpc) is 2.78. The van der Waals surface area contributed by atoms with Crippen molar-refractivity contribution in [1.29, 1.82) is 0 Å². The minimum absolute atomic E-state index is 0.0512. The molecule has 0 bridgehead atoms. The Labute approximate surface area is 138 Å². The van der Waals surface area contributed by atoms with Crippen molar-refractivity contribution in [2.75, 3.05) is 5.75 Å². The summed E-state index contributed by atoms with van der Waals surface area (Å²) >= 11 is 6.87. The summed E-state index contributed by atoms with van der Waals surface area (Å²) < 4.78 is 0.650. The molecule has 1 heterocycles. The van der Waals surface area contributed by atoms with Crippen molar-refractivity contribution < 1.29 is 9.90 Å². The smallest absolute Gasteiger partial charge is 0.230 e. The fourth-order valence-corrected chi connectivity index (χ4v) is 3.98. The quantitative estimate of drug-likeness (QED) is 0.597. The van der Waals surface area contributed by atoms with Crippen LogP contribution in [0.1, 0.15) is 47.5 Å². The molecule has 2 atom stereocenters. The largest absolute Gasteiger partial charge is 0.392 e. The van der Waals surface area contributed by atoms with Crippen LogP contribution in [0.5, 0.6) is 0 Å². The highest BCUT2D eigenvalue weighted by atomic mass is 32.2. The van der Waals surface area contributed by atoms with E-state index in [4.69, 9.17) is 12.2 Å². The van der Waals surface area contributed by atoms with Crippen LogP contribution in [-0.2, 0) is 4.79 Å². The molecule has 1 aliphatic rings. The van der Waals surface area contributed by atoms with Crippen molar-refractivity contribution >= 4 is 34.2 Å². The maximum absolute atomic E-state index is 12.5. The first kappa shape index (κ1) is 18.7. The van der Waals surface area contributed by atoms with Gasteiger partial charge in [-0.15, -0.1) is 0 Å². The second kappa shape index (κ2) is 7.75. The molecular formula is C16H27NO2S2. The second-order valence-electron chi connectivity index (χ2n) is 6.63. The van der Waals surface area contributed by atoms with Gasteiger partial charge in [0.25, 0.3) is 0 Å². The number of rotatable bonds is 6. The summed E-state index contributed by atoms with van der Waals surface area (Å²) in [6.07, 6.45) is 4.22. The fraction of sp³-hybridized carbons (Fsp3) is 0.750. The molecule has 0 spiro atoms. The number of amides is 1. The predicted molar refractivity (Wildman–Crippen MR) is 94.4 cm³/mol. The van der Waals surface area contributed by atoms with Gasteiger partial charge in [0.15, 0.2) is 0 Å². The lowest BCUT2D eigenvalue weighted by atomic mass is 9.81. The fourth-order valence-electron chi connectivity index (χ4n) is 2.31. The molecule has 1 N–H and O–H groups in total. The highest BCUT2D eigenvalue weighted by Gasteiger charge is 2.38. The van der Waals surface area contributed by atoms with E-state index < -0.39 is 6.10 Å². The SMILES string of the molecule is C/C=C/CC(C)(C)C(O)CC(=O)N1C(=S)SCC1C(C)C. The van der Waals surface area contributed by atoms with Crippen molar-refractivity contribution in [3.63, 3.8) is 0 Å². The molecule has 1 saturated heterocycles. The number of hydrogen-bond acceptors (Lipinski definition) is 4. The molecule has 1 amide bonds. The molecule has 1 fully saturated rings. The number of hydrogen-bond donors (Lipinski definition) is 1. The van der Waals surface area contributed by atoms with Gasteiger partial charge in [0.2, 0.25) is 5.91 Å². The highest BCUT2D eigenvalue weighted by Crippen LogP contribution is 2.32. The third kappa shape index (κ3) is 4.80. The van der Waals surface area contributed by atoms with Crippen LogP contribution in [0, 0.1) is 11.3 Å². The predicted octanol–water partition coefficient (Wildman–Crippen LogP) is 3.61. The van der Waals surface area contributed by atoms with Crippen LogP contribution in [0.3, 0.4) is 0 Å². The second-order valence-corrected chi connectivity index (χ2v) is 8.29. The number of aliphatic hydroxyl groups is 1. The minimum atomic E-state index is -0.664. The summed E-state index contributed by atoms with van der Waals surface area (Å²) in [6.45, 7) is 10.1. The monoisotopic (exact) mass is 329 g/mol. The molecule has 3 nitrogen and oxygen atoms in total. The van der Waals surface area contributed by atoms with E-state index in [1.54, 1.807) is 16.7 Å². The van der Waals surface area contributed by atoms with E-state index in [1.165, 1.54) is 0 Å². The van der Waals surface area contributed by atoms with Gasteiger partial charge in [-0.3, -0.25) is 9.69 Å². The molecule has 2 unspecified atom stereocenters. The number of thiocarbonyl (C=S) groups is 1. The number of nitrogens with zero attached hydrogens (tertiary/aromatic N) is 1. The summed E-state index contributed by atoms with van der Waals surface area (Å²) in [7, 11) is 0. The lowest BCUT2D eigenvalue weighted by Gasteiger charge is -2.32. The maximum atomic E-state index is 12.5. The molecular weight excluding hydrogens is 302 g/mol.